The smallest absolute Gasteiger partial charge is 0.0950 e. The molecule has 0 radical (unpaired) electrons. The van der Waals surface area contributed by atoms with Crippen molar-refractivity contribution in [1.29, 1.82) is 0 Å². The Balaban J connectivity index is 2.08. The van der Waals surface area contributed by atoms with Crippen molar-refractivity contribution >= 4 is 11.3 Å². The first-order valence-corrected chi connectivity index (χ1v) is 5.33. The molecule has 4 heteroatoms. The lowest BCUT2D eigenvalue weighted by molar-refractivity contribution is 0.526. The summed E-state index contributed by atoms with van der Waals surface area (Å²) in [6.07, 6.45) is 4.27. The molecule has 0 aromatic carbocycles. The first-order valence-electron chi connectivity index (χ1n) is 4.39. The van der Waals surface area contributed by atoms with Crippen molar-refractivity contribution in [3.63, 3.8) is 0 Å². The van der Waals surface area contributed by atoms with Crippen LogP contribution in [0.15, 0.2) is 39.8 Å². The van der Waals surface area contributed by atoms with Gasteiger partial charge in [0.25, 0.3) is 0 Å². The number of hydrogen-bond acceptors (Lipinski definition) is 4. The van der Waals surface area contributed by atoms with Crippen LogP contribution in [0.2, 0.25) is 0 Å². The van der Waals surface area contributed by atoms with E-state index in [0.717, 1.165) is 12.0 Å². The molecule has 2 heterocycles. The number of hydrazine groups is 1. The van der Waals surface area contributed by atoms with Gasteiger partial charge in [-0.2, -0.15) is 11.3 Å². The third-order valence-corrected chi connectivity index (χ3v) is 2.90. The van der Waals surface area contributed by atoms with E-state index in [4.69, 9.17) is 10.3 Å². The molecule has 0 aliphatic carbocycles. The maximum Gasteiger partial charge on any atom is 0.0950 e. The molecule has 0 aliphatic rings. The number of rotatable bonds is 4. The molecule has 1 unspecified atom stereocenters. The van der Waals surface area contributed by atoms with E-state index in [1.165, 1.54) is 5.56 Å². The Morgan fingerprint density at radius 3 is 3.00 bits per heavy atom. The normalized spacial score (nSPS) is 12.9. The van der Waals surface area contributed by atoms with Gasteiger partial charge in [0.05, 0.1) is 18.6 Å². The number of nitrogens with two attached hydrogens (primary N) is 1. The van der Waals surface area contributed by atoms with Crippen LogP contribution in [0, 0.1) is 0 Å². The Labute approximate surface area is 86.5 Å². The Hall–Kier alpha value is -1.10. The summed E-state index contributed by atoms with van der Waals surface area (Å²) in [6.45, 7) is 0. The molecule has 0 aliphatic heterocycles. The van der Waals surface area contributed by atoms with Crippen LogP contribution in [-0.4, -0.2) is 0 Å². The van der Waals surface area contributed by atoms with Crippen molar-refractivity contribution in [2.24, 2.45) is 5.84 Å². The standard InChI is InChI=1S/C10H12N2OS/c11-12-10(9-1-3-13-6-9)5-8-2-4-14-7-8/h1-4,6-7,10,12H,5,11H2. The Morgan fingerprint density at radius 1 is 1.50 bits per heavy atom. The van der Waals surface area contributed by atoms with Crippen LogP contribution >= 0.6 is 11.3 Å². The van der Waals surface area contributed by atoms with Crippen molar-refractivity contribution < 1.29 is 4.42 Å². The average Bonchev–Trinajstić information content (AvgIpc) is 2.86. The minimum atomic E-state index is 0.128. The second-order valence-corrected chi connectivity index (χ2v) is 3.89. The van der Waals surface area contributed by atoms with E-state index < -0.39 is 0 Å². The van der Waals surface area contributed by atoms with Crippen LogP contribution in [0.1, 0.15) is 17.2 Å². The summed E-state index contributed by atoms with van der Waals surface area (Å²) in [7, 11) is 0. The predicted octanol–water partition coefficient (Wildman–Crippen LogP) is 2.09. The van der Waals surface area contributed by atoms with Gasteiger partial charge in [-0.05, 0) is 34.9 Å². The highest BCUT2D eigenvalue weighted by molar-refractivity contribution is 7.07. The maximum atomic E-state index is 5.49. The highest BCUT2D eigenvalue weighted by atomic mass is 32.1. The van der Waals surface area contributed by atoms with Crippen molar-refractivity contribution in [1.82, 2.24) is 5.43 Å². The third-order valence-electron chi connectivity index (χ3n) is 2.17. The molecular formula is C10H12N2OS. The van der Waals surface area contributed by atoms with Crippen molar-refractivity contribution in [2.45, 2.75) is 12.5 Å². The van der Waals surface area contributed by atoms with Crippen LogP contribution in [-0.2, 0) is 6.42 Å². The summed E-state index contributed by atoms with van der Waals surface area (Å²) in [5, 5.41) is 4.20. The molecule has 14 heavy (non-hydrogen) atoms. The van der Waals surface area contributed by atoms with Crippen molar-refractivity contribution in [2.75, 3.05) is 0 Å². The SMILES string of the molecule is NNC(Cc1ccsc1)c1ccoc1. The first-order chi connectivity index (χ1) is 6.90. The summed E-state index contributed by atoms with van der Waals surface area (Å²) in [5.74, 6) is 5.49. The second kappa shape index (κ2) is 4.41. The number of furan rings is 1. The van der Waals surface area contributed by atoms with E-state index in [2.05, 4.69) is 22.3 Å². The molecule has 3 nitrogen and oxygen atoms in total. The van der Waals surface area contributed by atoms with Gasteiger partial charge in [0.2, 0.25) is 0 Å². The zero-order valence-electron chi connectivity index (χ0n) is 7.64. The van der Waals surface area contributed by atoms with Gasteiger partial charge in [-0.15, -0.1) is 0 Å². The van der Waals surface area contributed by atoms with Crippen LogP contribution in [0.4, 0.5) is 0 Å². The average molecular weight is 208 g/mol. The van der Waals surface area contributed by atoms with Gasteiger partial charge in [0.15, 0.2) is 0 Å². The van der Waals surface area contributed by atoms with Gasteiger partial charge in [-0.25, -0.2) is 0 Å². The molecule has 0 saturated carbocycles. The molecule has 0 saturated heterocycles. The summed E-state index contributed by atoms with van der Waals surface area (Å²) in [6, 6.07) is 4.16. The minimum Gasteiger partial charge on any atom is -0.472 e. The summed E-state index contributed by atoms with van der Waals surface area (Å²) in [4.78, 5) is 0. The Morgan fingerprint density at radius 2 is 2.43 bits per heavy atom. The van der Waals surface area contributed by atoms with Gasteiger partial charge < -0.3 is 4.42 Å². The molecule has 3 N–H and O–H groups in total. The molecule has 0 amide bonds. The van der Waals surface area contributed by atoms with Crippen LogP contribution < -0.4 is 11.3 Å². The first kappa shape index (κ1) is 9.45. The predicted molar refractivity (Wildman–Crippen MR) is 56.8 cm³/mol. The quantitative estimate of drug-likeness (QED) is 0.597. The zero-order chi connectivity index (χ0) is 9.80. The Bertz CT molecular complexity index is 355. The summed E-state index contributed by atoms with van der Waals surface area (Å²) < 4.78 is 5.02. The van der Waals surface area contributed by atoms with Crippen molar-refractivity contribution in [3.05, 3.63) is 46.5 Å². The van der Waals surface area contributed by atoms with E-state index in [9.17, 15) is 0 Å². The monoisotopic (exact) mass is 208 g/mol. The van der Waals surface area contributed by atoms with E-state index in [1.807, 2.05) is 6.07 Å². The summed E-state index contributed by atoms with van der Waals surface area (Å²) >= 11 is 1.70. The highest BCUT2D eigenvalue weighted by Crippen LogP contribution is 2.19. The van der Waals surface area contributed by atoms with Crippen LogP contribution in [0.3, 0.4) is 0 Å². The lowest BCUT2D eigenvalue weighted by Crippen LogP contribution is -2.29. The third kappa shape index (κ3) is 2.04. The van der Waals surface area contributed by atoms with Gasteiger partial charge in [0.1, 0.15) is 0 Å². The van der Waals surface area contributed by atoms with Gasteiger partial charge in [-0.3, -0.25) is 11.3 Å². The van der Waals surface area contributed by atoms with E-state index >= 15 is 0 Å². The molecule has 74 valence electrons. The molecule has 0 bridgehead atoms. The zero-order valence-corrected chi connectivity index (χ0v) is 8.46. The van der Waals surface area contributed by atoms with Gasteiger partial charge in [-0.1, -0.05) is 0 Å². The summed E-state index contributed by atoms with van der Waals surface area (Å²) in [5.41, 5.74) is 5.16. The molecule has 0 fully saturated rings. The van der Waals surface area contributed by atoms with Crippen LogP contribution in [0.5, 0.6) is 0 Å². The highest BCUT2D eigenvalue weighted by Gasteiger charge is 2.11. The fourth-order valence-corrected chi connectivity index (χ4v) is 2.07. The fourth-order valence-electron chi connectivity index (χ4n) is 1.39. The molecule has 2 aromatic rings. The second-order valence-electron chi connectivity index (χ2n) is 3.11. The minimum absolute atomic E-state index is 0.128. The molecule has 0 spiro atoms. The maximum absolute atomic E-state index is 5.49. The molecule has 2 aromatic heterocycles. The largest absolute Gasteiger partial charge is 0.472 e. The molecule has 2 rings (SSSR count). The fraction of sp³-hybridized carbons (Fsp3) is 0.200. The van der Waals surface area contributed by atoms with E-state index in [-0.39, 0.29) is 6.04 Å². The number of thiophene rings is 1. The topological polar surface area (TPSA) is 51.2 Å². The van der Waals surface area contributed by atoms with E-state index in [0.29, 0.717) is 0 Å². The lowest BCUT2D eigenvalue weighted by atomic mass is 10.0. The number of hydrogen-bond donors (Lipinski definition) is 2. The van der Waals surface area contributed by atoms with Gasteiger partial charge in [0, 0.05) is 5.56 Å². The van der Waals surface area contributed by atoms with Gasteiger partial charge >= 0.3 is 0 Å². The van der Waals surface area contributed by atoms with Crippen molar-refractivity contribution in [3.8, 4) is 0 Å². The Kier molecular flexibility index (Phi) is 2.98. The lowest BCUT2D eigenvalue weighted by Gasteiger charge is -2.12. The number of nitrogens with one attached hydrogen (secondary N) is 1. The van der Waals surface area contributed by atoms with E-state index in [1.54, 1.807) is 23.9 Å². The molecular weight excluding hydrogens is 196 g/mol. The molecule has 1 atom stereocenters. The van der Waals surface area contributed by atoms with Crippen LogP contribution in [0.25, 0.3) is 0 Å².